The zero-order chi connectivity index (χ0) is 18.9. The van der Waals surface area contributed by atoms with Gasteiger partial charge in [0.2, 0.25) is 0 Å². The van der Waals surface area contributed by atoms with Gasteiger partial charge in [-0.25, -0.2) is 0 Å². The number of rotatable bonds is 9. The molecule has 0 amide bonds. The Bertz CT molecular complexity index is 484. The Balaban J connectivity index is 1.84. The third-order valence-electron chi connectivity index (χ3n) is 5.87. The minimum Gasteiger partial charge on any atom is -0.481 e. The quantitative estimate of drug-likeness (QED) is 0.315. The molecule has 5 atom stereocenters. The fraction of sp³-hybridized carbons (Fsp3) is 0.762. The summed E-state index contributed by atoms with van der Waals surface area (Å²) in [4.78, 5) is 10.5. The van der Waals surface area contributed by atoms with Gasteiger partial charge in [0.05, 0.1) is 12.2 Å². The van der Waals surface area contributed by atoms with Crippen LogP contribution in [0.3, 0.4) is 0 Å². The molecule has 2 rings (SSSR count). The Morgan fingerprint density at radius 2 is 1.92 bits per heavy atom. The lowest BCUT2D eigenvalue weighted by Crippen LogP contribution is -2.23. The predicted octanol–water partition coefficient (Wildman–Crippen LogP) is 4.29. The van der Waals surface area contributed by atoms with Gasteiger partial charge < -0.3 is 15.3 Å². The average Bonchev–Trinajstić information content (AvgIpc) is 2.89. The van der Waals surface area contributed by atoms with Crippen molar-refractivity contribution < 1.29 is 20.1 Å². The first-order valence-corrected chi connectivity index (χ1v) is 10.5. The first-order valence-electron chi connectivity index (χ1n) is 10.0. The van der Waals surface area contributed by atoms with Crippen molar-refractivity contribution in [2.24, 2.45) is 17.8 Å². The zero-order valence-corrected chi connectivity index (χ0v) is 16.2. The summed E-state index contributed by atoms with van der Waals surface area (Å²) < 4.78 is 0. The Morgan fingerprint density at radius 1 is 1.19 bits per heavy atom. The van der Waals surface area contributed by atoms with Crippen molar-refractivity contribution in [1.82, 2.24) is 0 Å². The van der Waals surface area contributed by atoms with Crippen molar-refractivity contribution in [2.75, 3.05) is 0 Å². The summed E-state index contributed by atoms with van der Waals surface area (Å²) in [6.45, 7) is 0. The standard InChI is InChI=1S/C21H33ClO4/c22-18-14-20(24)17(12-13-19(23)15-8-4-3-5-9-15)16(18)10-6-1-2-7-11-21(25)26/h1,6,12-13,15-20,23-24H,2-5,7-11,14H2,(H,25,26)/b6-1-,13-12+/t16-,17+,18+,19+,20-/m1/s1. The number of aliphatic hydroxyl groups excluding tert-OH is 2. The highest BCUT2D eigenvalue weighted by Gasteiger charge is 2.39. The average molecular weight is 385 g/mol. The summed E-state index contributed by atoms with van der Waals surface area (Å²) in [5.74, 6) is -0.297. The monoisotopic (exact) mass is 384 g/mol. The highest BCUT2D eigenvalue weighted by molar-refractivity contribution is 6.21. The molecule has 2 aliphatic rings. The van der Waals surface area contributed by atoms with Crippen LogP contribution < -0.4 is 0 Å². The predicted molar refractivity (Wildman–Crippen MR) is 104 cm³/mol. The van der Waals surface area contributed by atoms with E-state index in [1.54, 1.807) is 0 Å². The van der Waals surface area contributed by atoms with Crippen molar-refractivity contribution >= 4 is 17.6 Å². The van der Waals surface area contributed by atoms with Gasteiger partial charge in [0.25, 0.3) is 0 Å². The van der Waals surface area contributed by atoms with E-state index in [2.05, 4.69) is 6.08 Å². The number of alkyl halides is 1. The maximum absolute atomic E-state index is 10.5. The molecule has 2 fully saturated rings. The fourth-order valence-corrected chi connectivity index (χ4v) is 4.74. The molecule has 0 aromatic rings. The lowest BCUT2D eigenvalue weighted by Gasteiger charge is -2.25. The molecule has 0 bridgehead atoms. The Labute approximate surface area is 161 Å². The van der Waals surface area contributed by atoms with Crippen LogP contribution in [-0.2, 0) is 4.79 Å². The summed E-state index contributed by atoms with van der Waals surface area (Å²) >= 11 is 6.45. The number of carbonyl (C=O) groups is 1. The van der Waals surface area contributed by atoms with Crippen LogP contribution in [0.5, 0.6) is 0 Å². The van der Waals surface area contributed by atoms with Crippen LogP contribution in [0.1, 0.15) is 64.2 Å². The van der Waals surface area contributed by atoms with Crippen molar-refractivity contribution in [3.8, 4) is 0 Å². The highest BCUT2D eigenvalue weighted by atomic mass is 35.5. The van der Waals surface area contributed by atoms with Gasteiger partial charge >= 0.3 is 5.97 Å². The Morgan fingerprint density at radius 3 is 2.62 bits per heavy atom. The summed E-state index contributed by atoms with van der Waals surface area (Å²) in [7, 11) is 0. The largest absolute Gasteiger partial charge is 0.481 e. The van der Waals surface area contributed by atoms with Crippen molar-refractivity contribution in [2.45, 2.75) is 81.8 Å². The molecular formula is C21H33ClO4. The Kier molecular flexibility index (Phi) is 9.17. The molecule has 0 unspecified atom stereocenters. The number of aliphatic hydroxyl groups is 2. The molecule has 0 saturated heterocycles. The van der Waals surface area contributed by atoms with E-state index in [0.29, 0.717) is 18.8 Å². The highest BCUT2D eigenvalue weighted by Crippen LogP contribution is 2.39. The summed E-state index contributed by atoms with van der Waals surface area (Å²) in [6, 6.07) is 0. The van der Waals surface area contributed by atoms with Crippen LogP contribution in [0.25, 0.3) is 0 Å². The molecular weight excluding hydrogens is 352 g/mol. The van der Waals surface area contributed by atoms with E-state index in [9.17, 15) is 15.0 Å². The smallest absolute Gasteiger partial charge is 0.303 e. The van der Waals surface area contributed by atoms with E-state index in [-0.39, 0.29) is 23.6 Å². The normalized spacial score (nSPS) is 31.8. The topological polar surface area (TPSA) is 77.8 Å². The van der Waals surface area contributed by atoms with Gasteiger partial charge in [-0.15, -0.1) is 11.6 Å². The van der Waals surface area contributed by atoms with E-state index in [1.165, 1.54) is 19.3 Å². The molecule has 0 radical (unpaired) electrons. The van der Waals surface area contributed by atoms with Crippen LogP contribution in [0.2, 0.25) is 0 Å². The molecule has 2 saturated carbocycles. The van der Waals surface area contributed by atoms with Crippen LogP contribution in [0.15, 0.2) is 24.3 Å². The number of carboxylic acids is 1. The van der Waals surface area contributed by atoms with Crippen molar-refractivity contribution in [3.63, 3.8) is 0 Å². The zero-order valence-electron chi connectivity index (χ0n) is 15.5. The first-order chi connectivity index (χ1) is 12.5. The third-order valence-corrected chi connectivity index (χ3v) is 6.37. The van der Waals surface area contributed by atoms with Crippen LogP contribution in [0, 0.1) is 17.8 Å². The van der Waals surface area contributed by atoms with Gasteiger partial charge in [0.15, 0.2) is 0 Å². The number of halogens is 1. The molecule has 4 nitrogen and oxygen atoms in total. The second-order valence-corrected chi connectivity index (χ2v) is 8.39. The minimum absolute atomic E-state index is 0.0283. The second-order valence-electron chi connectivity index (χ2n) is 7.83. The van der Waals surface area contributed by atoms with E-state index < -0.39 is 18.2 Å². The van der Waals surface area contributed by atoms with Crippen molar-refractivity contribution in [3.05, 3.63) is 24.3 Å². The molecule has 5 heteroatoms. The van der Waals surface area contributed by atoms with Crippen molar-refractivity contribution in [1.29, 1.82) is 0 Å². The summed E-state index contributed by atoms with van der Waals surface area (Å²) in [5.41, 5.74) is 0. The number of aliphatic carboxylic acids is 1. The van der Waals surface area contributed by atoms with Crippen LogP contribution in [0.4, 0.5) is 0 Å². The van der Waals surface area contributed by atoms with Gasteiger partial charge in [-0.1, -0.05) is 43.6 Å². The number of carboxylic acid groups (broad SMARTS) is 1. The molecule has 0 aliphatic heterocycles. The molecule has 2 aliphatic carbocycles. The minimum atomic E-state index is -0.764. The number of hydrogen-bond acceptors (Lipinski definition) is 3. The maximum atomic E-state index is 10.5. The van der Waals surface area contributed by atoms with Gasteiger partial charge in [-0.3, -0.25) is 4.79 Å². The molecule has 0 aromatic carbocycles. The Hall–Kier alpha value is -0.840. The summed E-state index contributed by atoms with van der Waals surface area (Å²) in [6.07, 6.45) is 15.8. The molecule has 0 aromatic heterocycles. The van der Waals surface area contributed by atoms with Gasteiger partial charge in [-0.05, 0) is 50.4 Å². The van der Waals surface area contributed by atoms with Gasteiger partial charge in [0, 0.05) is 17.7 Å². The van der Waals surface area contributed by atoms with Gasteiger partial charge in [-0.2, -0.15) is 0 Å². The molecule has 3 N–H and O–H groups in total. The van der Waals surface area contributed by atoms with Gasteiger partial charge in [0.1, 0.15) is 0 Å². The maximum Gasteiger partial charge on any atom is 0.303 e. The molecule has 0 spiro atoms. The van der Waals surface area contributed by atoms with E-state index >= 15 is 0 Å². The molecule has 148 valence electrons. The van der Waals surface area contributed by atoms with E-state index in [4.69, 9.17) is 16.7 Å². The van der Waals surface area contributed by atoms with E-state index in [1.807, 2.05) is 18.2 Å². The van der Waals surface area contributed by atoms with E-state index in [0.717, 1.165) is 25.7 Å². The lowest BCUT2D eigenvalue weighted by molar-refractivity contribution is -0.137. The number of unbranched alkanes of at least 4 members (excludes halogenated alkanes) is 1. The first kappa shape index (κ1) is 21.5. The second kappa shape index (κ2) is 11.1. The van der Waals surface area contributed by atoms with Crippen LogP contribution in [-0.4, -0.2) is 38.9 Å². The SMILES string of the molecule is O=C(O)CCC/C=C\C[C@@H]1[C@H](/C=C/[C@H](O)C2CCCCC2)[C@H](O)C[C@@H]1Cl. The third kappa shape index (κ3) is 6.71. The molecule has 0 heterocycles. The lowest BCUT2D eigenvalue weighted by atomic mass is 9.84. The number of hydrogen-bond donors (Lipinski definition) is 3. The van der Waals surface area contributed by atoms with Crippen LogP contribution >= 0.6 is 11.6 Å². The fourth-order valence-electron chi connectivity index (χ4n) is 4.28. The molecule has 26 heavy (non-hydrogen) atoms. The summed E-state index contributed by atoms with van der Waals surface area (Å²) in [5, 5.41) is 29.3. The number of allylic oxidation sites excluding steroid dienone is 2.